The van der Waals surface area contributed by atoms with Crippen LogP contribution in [0.2, 0.25) is 0 Å². The first kappa shape index (κ1) is 13.0. The van der Waals surface area contributed by atoms with Gasteiger partial charge in [0, 0.05) is 16.2 Å². The van der Waals surface area contributed by atoms with Crippen LogP contribution >= 0.6 is 11.8 Å². The summed E-state index contributed by atoms with van der Waals surface area (Å²) < 4.78 is 10.6. The van der Waals surface area contributed by atoms with E-state index in [4.69, 9.17) is 9.26 Å². The summed E-state index contributed by atoms with van der Waals surface area (Å²) in [6.07, 6.45) is 0. The van der Waals surface area contributed by atoms with Crippen molar-refractivity contribution in [2.24, 2.45) is 0 Å². The molecule has 0 amide bonds. The molecule has 0 radical (unpaired) electrons. The Morgan fingerprint density at radius 3 is 2.50 bits per heavy atom. The average Bonchev–Trinajstić information content (AvgIpc) is 2.69. The van der Waals surface area contributed by atoms with Crippen molar-refractivity contribution in [2.45, 2.75) is 31.4 Å². The van der Waals surface area contributed by atoms with Gasteiger partial charge in [-0.2, -0.15) is 0 Å². The molecule has 2 aromatic rings. The minimum Gasteiger partial charge on any atom is -0.494 e. The highest BCUT2D eigenvalue weighted by molar-refractivity contribution is 7.98. The molecule has 0 N–H and O–H groups in total. The number of rotatable bonds is 5. The van der Waals surface area contributed by atoms with E-state index in [1.54, 1.807) is 11.8 Å². The molecule has 0 aliphatic heterocycles. The van der Waals surface area contributed by atoms with Crippen LogP contribution in [0.1, 0.15) is 23.9 Å². The second kappa shape index (κ2) is 5.96. The maximum Gasteiger partial charge on any atom is 0.137 e. The van der Waals surface area contributed by atoms with E-state index < -0.39 is 0 Å². The van der Waals surface area contributed by atoms with E-state index in [0.717, 1.165) is 23.0 Å². The summed E-state index contributed by atoms with van der Waals surface area (Å²) in [7, 11) is 0. The predicted molar refractivity (Wildman–Crippen MR) is 73.1 cm³/mol. The third kappa shape index (κ3) is 3.07. The molecule has 18 heavy (non-hydrogen) atoms. The molecule has 1 heterocycles. The lowest BCUT2D eigenvalue weighted by Crippen LogP contribution is -1.90. The summed E-state index contributed by atoms with van der Waals surface area (Å²) in [5.41, 5.74) is 2.17. The Bertz CT molecular complexity index is 486. The van der Waals surface area contributed by atoms with Crippen LogP contribution in [-0.4, -0.2) is 11.8 Å². The van der Waals surface area contributed by atoms with Gasteiger partial charge in [0.2, 0.25) is 0 Å². The van der Waals surface area contributed by atoms with E-state index in [1.165, 1.54) is 10.5 Å². The normalized spacial score (nSPS) is 10.6. The second-order valence-corrected chi connectivity index (χ2v) is 5.04. The van der Waals surface area contributed by atoms with Crippen LogP contribution in [0.15, 0.2) is 33.7 Å². The predicted octanol–water partition coefficient (Wildman–Crippen LogP) is 3.98. The molecule has 96 valence electrons. The lowest BCUT2D eigenvalue weighted by atomic mass is 10.2. The SMILES string of the molecule is CCOc1ccc(SCc2c(C)noc2C)cc1. The third-order valence-corrected chi connectivity index (χ3v) is 3.74. The molecule has 0 bridgehead atoms. The maximum atomic E-state index is 5.42. The Hall–Kier alpha value is -1.42. The first-order valence-corrected chi connectivity index (χ1v) is 6.96. The fourth-order valence-electron chi connectivity index (χ4n) is 1.66. The standard InChI is InChI=1S/C14H17NO2S/c1-4-16-12-5-7-13(8-6-12)18-9-14-10(2)15-17-11(14)3/h5-8H,4,9H2,1-3H3. The number of hydrogen-bond donors (Lipinski definition) is 0. The van der Waals surface area contributed by atoms with Crippen LogP contribution in [0.25, 0.3) is 0 Å². The van der Waals surface area contributed by atoms with Crippen molar-refractivity contribution >= 4 is 11.8 Å². The van der Waals surface area contributed by atoms with Gasteiger partial charge in [0.15, 0.2) is 0 Å². The molecule has 1 aromatic carbocycles. The van der Waals surface area contributed by atoms with Crippen LogP contribution in [0.4, 0.5) is 0 Å². The van der Waals surface area contributed by atoms with Crippen LogP contribution < -0.4 is 4.74 Å². The molecule has 0 atom stereocenters. The fourth-order valence-corrected chi connectivity index (χ4v) is 2.71. The molecule has 0 fully saturated rings. The highest BCUT2D eigenvalue weighted by atomic mass is 32.2. The van der Waals surface area contributed by atoms with Crippen LogP contribution in [0, 0.1) is 13.8 Å². The van der Waals surface area contributed by atoms with Crippen LogP contribution in [-0.2, 0) is 5.75 Å². The molecular weight excluding hydrogens is 246 g/mol. The molecule has 0 unspecified atom stereocenters. The number of ether oxygens (including phenoxy) is 1. The summed E-state index contributed by atoms with van der Waals surface area (Å²) in [5, 5.41) is 3.96. The molecule has 1 aromatic heterocycles. The molecule has 0 saturated heterocycles. The molecule has 0 saturated carbocycles. The van der Waals surface area contributed by atoms with E-state index in [2.05, 4.69) is 17.3 Å². The number of nitrogens with zero attached hydrogens (tertiary/aromatic N) is 1. The fraction of sp³-hybridized carbons (Fsp3) is 0.357. The van der Waals surface area contributed by atoms with Crippen LogP contribution in [0.3, 0.4) is 0 Å². The number of benzene rings is 1. The summed E-state index contributed by atoms with van der Waals surface area (Å²) in [6, 6.07) is 8.15. The zero-order chi connectivity index (χ0) is 13.0. The molecular formula is C14H17NO2S. The first-order chi connectivity index (χ1) is 8.70. The van der Waals surface area contributed by atoms with Gasteiger partial charge in [-0.3, -0.25) is 0 Å². The van der Waals surface area contributed by atoms with Crippen molar-refractivity contribution < 1.29 is 9.26 Å². The summed E-state index contributed by atoms with van der Waals surface area (Å²) >= 11 is 1.78. The Morgan fingerprint density at radius 1 is 1.22 bits per heavy atom. The molecule has 0 spiro atoms. The van der Waals surface area contributed by atoms with Crippen molar-refractivity contribution in [1.29, 1.82) is 0 Å². The molecule has 2 rings (SSSR count). The van der Waals surface area contributed by atoms with Crippen LogP contribution in [0.5, 0.6) is 5.75 Å². The second-order valence-electron chi connectivity index (χ2n) is 4.00. The zero-order valence-electron chi connectivity index (χ0n) is 10.9. The Kier molecular flexibility index (Phi) is 4.31. The lowest BCUT2D eigenvalue weighted by Gasteiger charge is -2.04. The largest absolute Gasteiger partial charge is 0.494 e. The van der Waals surface area contributed by atoms with Gasteiger partial charge in [-0.25, -0.2) is 0 Å². The lowest BCUT2D eigenvalue weighted by molar-refractivity contribution is 0.340. The molecule has 3 nitrogen and oxygen atoms in total. The van der Waals surface area contributed by atoms with Gasteiger partial charge < -0.3 is 9.26 Å². The van der Waals surface area contributed by atoms with Crippen molar-refractivity contribution in [3.63, 3.8) is 0 Å². The number of thioether (sulfide) groups is 1. The summed E-state index contributed by atoms with van der Waals surface area (Å²) in [4.78, 5) is 1.22. The van der Waals surface area contributed by atoms with Gasteiger partial charge in [0.25, 0.3) is 0 Å². The van der Waals surface area contributed by atoms with Crippen molar-refractivity contribution in [3.05, 3.63) is 41.3 Å². The first-order valence-electron chi connectivity index (χ1n) is 5.98. The minimum absolute atomic E-state index is 0.700. The quantitative estimate of drug-likeness (QED) is 0.764. The zero-order valence-corrected chi connectivity index (χ0v) is 11.7. The maximum absolute atomic E-state index is 5.42. The Morgan fingerprint density at radius 2 is 1.94 bits per heavy atom. The van der Waals surface area contributed by atoms with Crippen molar-refractivity contribution in [2.75, 3.05) is 6.61 Å². The Balaban J connectivity index is 1.98. The van der Waals surface area contributed by atoms with Gasteiger partial charge in [-0.05, 0) is 45.0 Å². The van der Waals surface area contributed by atoms with Gasteiger partial charge in [0.05, 0.1) is 12.3 Å². The van der Waals surface area contributed by atoms with E-state index in [9.17, 15) is 0 Å². The third-order valence-electron chi connectivity index (χ3n) is 2.70. The topological polar surface area (TPSA) is 35.3 Å². The van der Waals surface area contributed by atoms with Crippen molar-refractivity contribution in [1.82, 2.24) is 5.16 Å². The van der Waals surface area contributed by atoms with E-state index in [1.807, 2.05) is 32.9 Å². The van der Waals surface area contributed by atoms with Gasteiger partial charge in [0.1, 0.15) is 11.5 Å². The minimum atomic E-state index is 0.700. The van der Waals surface area contributed by atoms with E-state index in [-0.39, 0.29) is 0 Å². The number of hydrogen-bond acceptors (Lipinski definition) is 4. The molecule has 0 aliphatic rings. The van der Waals surface area contributed by atoms with E-state index >= 15 is 0 Å². The molecule has 0 aliphatic carbocycles. The monoisotopic (exact) mass is 263 g/mol. The van der Waals surface area contributed by atoms with Gasteiger partial charge >= 0.3 is 0 Å². The summed E-state index contributed by atoms with van der Waals surface area (Å²) in [5.74, 6) is 2.71. The number of aryl methyl sites for hydroxylation is 2. The molecule has 4 heteroatoms. The average molecular weight is 263 g/mol. The van der Waals surface area contributed by atoms with E-state index in [0.29, 0.717) is 6.61 Å². The van der Waals surface area contributed by atoms with Crippen molar-refractivity contribution in [3.8, 4) is 5.75 Å². The highest BCUT2D eigenvalue weighted by Crippen LogP contribution is 2.27. The van der Waals surface area contributed by atoms with Gasteiger partial charge in [-0.15, -0.1) is 11.8 Å². The Labute approximate surface area is 112 Å². The highest BCUT2D eigenvalue weighted by Gasteiger charge is 2.09. The number of aromatic nitrogens is 1. The van der Waals surface area contributed by atoms with Gasteiger partial charge in [-0.1, -0.05) is 5.16 Å². The summed E-state index contributed by atoms with van der Waals surface area (Å²) in [6.45, 7) is 6.62. The smallest absolute Gasteiger partial charge is 0.137 e.